The molecule has 18 nitrogen and oxygen atoms in total. The van der Waals surface area contributed by atoms with Gasteiger partial charge in [0.15, 0.2) is 0 Å². The Bertz CT molecular complexity index is 3160. The van der Waals surface area contributed by atoms with E-state index in [1.54, 1.807) is 72.8 Å². The zero-order chi connectivity index (χ0) is 42.1. The summed E-state index contributed by atoms with van der Waals surface area (Å²) in [5.74, 6) is -1.18. The Morgan fingerprint density at radius 2 is 1.15 bits per heavy atom. The molecule has 0 radical (unpaired) electrons. The first-order valence-electron chi connectivity index (χ1n) is 16.8. The maximum atomic E-state index is 13.7. The van der Waals surface area contributed by atoms with Crippen molar-refractivity contribution in [3.8, 4) is 0 Å². The summed E-state index contributed by atoms with van der Waals surface area (Å²) >= 11 is 0. The molecule has 0 saturated heterocycles. The number of hydrogen-bond donors (Lipinski definition) is 3. The molecule has 0 saturated carbocycles. The first-order valence-corrected chi connectivity index (χ1v) is 21.0. The number of hydrazone groups is 1. The average molecular weight is 919 g/mol. The Morgan fingerprint density at radius 3 is 1.71 bits per heavy atom. The van der Waals surface area contributed by atoms with Crippen LogP contribution in [-0.2, 0) is 30.4 Å². The van der Waals surface area contributed by atoms with Gasteiger partial charge in [0.2, 0.25) is 5.78 Å². The third kappa shape index (κ3) is 11.4. The number of azo groups is 2. The zero-order valence-corrected chi connectivity index (χ0v) is 41.2. The zero-order valence-electron chi connectivity index (χ0n) is 32.7. The fraction of sp³-hybridized carbons (Fsp3) is 0. The van der Waals surface area contributed by atoms with Crippen LogP contribution >= 0.6 is 0 Å². The molecule has 7 rings (SSSR count). The van der Waals surface area contributed by atoms with Gasteiger partial charge < -0.3 is 24.7 Å². The summed E-state index contributed by atoms with van der Waals surface area (Å²) in [6.07, 6.45) is 0.688. The van der Waals surface area contributed by atoms with Gasteiger partial charge in [-0.2, -0.15) is 15.3 Å². The van der Waals surface area contributed by atoms with Crippen LogP contribution in [0.4, 0.5) is 45.5 Å². The van der Waals surface area contributed by atoms with Crippen LogP contribution < -0.4 is 105 Å². The Hall–Kier alpha value is -4.01. The number of nitrogen functional groups attached to an aromatic ring is 1. The number of carbonyl (C=O) groups is 1. The summed E-state index contributed by atoms with van der Waals surface area (Å²) in [4.78, 5) is 11.1. The second kappa shape index (κ2) is 20.7. The maximum Gasteiger partial charge on any atom is 1.00 e. The van der Waals surface area contributed by atoms with Crippen molar-refractivity contribution in [2.45, 2.75) is 9.79 Å². The van der Waals surface area contributed by atoms with Crippen LogP contribution in [0.5, 0.6) is 0 Å². The summed E-state index contributed by atoms with van der Waals surface area (Å²) in [5.41, 5.74) is 7.44. The standard InChI is InChI=1S/C38H28N8O10S3.3Na/c39-35-33-22(21-32(59(54,55)56)37(38(33)47)46-42-24-10-5-2-6-11-24)20-31(58(51,52)53)36(35)45-43-26-16-14-25(15-17-26)41-44-28-18-19-29(40-23-8-3-1-4-9-23)34-27(28)12-7-13-30(34)57(48,49)50;;;/h1-21,40,42H,39H2,(H,48,49,50)(H,51,52,53)(H,54,55,56);;;/q;3*+1/p-3/b44-41?,45-43?,46-37-;;;. The molecule has 4 N–H and O–H groups in total. The van der Waals surface area contributed by atoms with E-state index in [1.807, 2.05) is 6.07 Å². The molecule has 0 bridgehead atoms. The number of rotatable bonds is 11. The topological polar surface area (TPSA) is 301 Å². The third-order valence-corrected chi connectivity index (χ3v) is 11.2. The van der Waals surface area contributed by atoms with E-state index < -0.39 is 79.0 Å². The quantitative estimate of drug-likeness (QED) is 0.0433. The van der Waals surface area contributed by atoms with E-state index in [9.17, 15) is 43.7 Å². The maximum absolute atomic E-state index is 13.7. The number of fused-ring (bicyclic) bond motifs is 2. The fourth-order valence-electron chi connectivity index (χ4n) is 5.96. The molecule has 62 heavy (non-hydrogen) atoms. The summed E-state index contributed by atoms with van der Waals surface area (Å²) in [5, 5.41) is 23.7. The van der Waals surface area contributed by atoms with Crippen molar-refractivity contribution in [1.82, 2.24) is 0 Å². The first kappa shape index (κ1) is 50.6. The molecule has 6 aromatic carbocycles. The van der Waals surface area contributed by atoms with Crippen LogP contribution in [0.3, 0.4) is 0 Å². The number of nitrogens with two attached hydrogens (primary N) is 1. The van der Waals surface area contributed by atoms with Gasteiger partial charge in [0.05, 0.1) is 48.7 Å². The molecule has 0 unspecified atom stereocenters. The molecule has 0 fully saturated rings. The van der Waals surface area contributed by atoms with Crippen molar-refractivity contribution < 1.29 is 132 Å². The van der Waals surface area contributed by atoms with Crippen LogP contribution in [-0.4, -0.2) is 50.4 Å². The smallest absolute Gasteiger partial charge is 0.744 e. The van der Waals surface area contributed by atoms with Crippen molar-refractivity contribution in [1.29, 1.82) is 0 Å². The summed E-state index contributed by atoms with van der Waals surface area (Å²) < 4.78 is 110. The van der Waals surface area contributed by atoms with Crippen LogP contribution in [0.25, 0.3) is 16.8 Å². The van der Waals surface area contributed by atoms with E-state index in [1.165, 1.54) is 36.4 Å². The van der Waals surface area contributed by atoms with Gasteiger partial charge in [-0.05, 0) is 84.4 Å². The van der Waals surface area contributed by atoms with E-state index >= 15 is 0 Å². The van der Waals surface area contributed by atoms with Crippen molar-refractivity contribution in [3.05, 3.63) is 137 Å². The number of para-hydroxylation sites is 2. The molecule has 1 aliphatic carbocycles. The molecule has 0 aliphatic heterocycles. The van der Waals surface area contributed by atoms with Crippen LogP contribution in [0.15, 0.2) is 162 Å². The number of hydrogen-bond acceptors (Lipinski definition) is 18. The molecule has 0 aromatic heterocycles. The minimum Gasteiger partial charge on any atom is -0.744 e. The van der Waals surface area contributed by atoms with E-state index in [-0.39, 0.29) is 111 Å². The number of nitrogens with one attached hydrogen (secondary N) is 2. The number of ketones is 1. The molecular formula is C38H25N8Na3O10S3. The van der Waals surface area contributed by atoms with Crippen molar-refractivity contribution in [3.63, 3.8) is 0 Å². The minimum absolute atomic E-state index is 0. The van der Waals surface area contributed by atoms with Gasteiger partial charge in [0.25, 0.3) is 0 Å². The number of nitrogens with zero attached hydrogens (tertiary/aromatic N) is 5. The molecule has 0 amide bonds. The number of allylic oxidation sites excluding steroid dienone is 1. The van der Waals surface area contributed by atoms with E-state index in [4.69, 9.17) is 5.73 Å². The van der Waals surface area contributed by atoms with E-state index in [0.29, 0.717) is 34.6 Å². The molecule has 24 heteroatoms. The molecule has 0 heterocycles. The first-order chi connectivity index (χ1) is 28.0. The van der Waals surface area contributed by atoms with Crippen LogP contribution in [0.1, 0.15) is 15.9 Å². The van der Waals surface area contributed by atoms with Gasteiger partial charge in [-0.15, -0.1) is 10.2 Å². The Balaban J connectivity index is 0.00000282. The third-order valence-electron chi connectivity index (χ3n) is 8.59. The fourth-order valence-corrected chi connectivity index (χ4v) is 7.98. The van der Waals surface area contributed by atoms with E-state index in [2.05, 4.69) is 36.3 Å². The second-order valence-electron chi connectivity index (χ2n) is 12.5. The van der Waals surface area contributed by atoms with Gasteiger partial charge in [0.1, 0.15) is 41.8 Å². The molecule has 1 aliphatic rings. The molecular weight excluding hydrogens is 894 g/mol. The minimum atomic E-state index is -5.39. The SMILES string of the molecule is Nc1c(N=Nc2ccc(N=Nc3ccc(Nc4ccccc4)c4c(S(=O)(=O)[O-])cccc34)cc2)c(S(=O)(=O)[O-])cc2c1C(=O)/C(=N\Nc1ccccc1)C(S(=O)(=O)[O-])=C2.[Na+].[Na+].[Na+]. The Kier molecular flexibility index (Phi) is 16.9. The number of benzene rings is 6. The number of carbonyl (C=O) groups excluding carboxylic acids is 1. The van der Waals surface area contributed by atoms with Gasteiger partial charge in [-0.3, -0.25) is 10.2 Å². The van der Waals surface area contributed by atoms with Crippen molar-refractivity contribution >= 4 is 104 Å². The number of Topliss-reactive ketones (excluding diaryl/α,β-unsaturated/α-hetero) is 1. The van der Waals surface area contributed by atoms with E-state index in [0.717, 1.165) is 0 Å². The van der Waals surface area contributed by atoms with Crippen molar-refractivity contribution in [2.24, 2.45) is 25.6 Å². The largest absolute Gasteiger partial charge is 1.00 e. The van der Waals surface area contributed by atoms with Crippen molar-refractivity contribution in [2.75, 3.05) is 16.5 Å². The molecule has 298 valence electrons. The predicted octanol–water partition coefficient (Wildman–Crippen LogP) is -1.63. The van der Waals surface area contributed by atoms with Crippen LogP contribution in [0, 0.1) is 0 Å². The Morgan fingerprint density at radius 1 is 0.581 bits per heavy atom. The summed E-state index contributed by atoms with van der Waals surface area (Å²) in [6, 6.07) is 30.6. The predicted molar refractivity (Wildman–Crippen MR) is 215 cm³/mol. The normalized spacial score (nSPS) is 13.5. The number of anilines is 4. The van der Waals surface area contributed by atoms with Gasteiger partial charge >= 0.3 is 88.7 Å². The molecule has 6 aromatic rings. The van der Waals surface area contributed by atoms with Gasteiger partial charge in [-0.25, -0.2) is 25.3 Å². The summed E-state index contributed by atoms with van der Waals surface area (Å²) in [6.45, 7) is 0. The second-order valence-corrected chi connectivity index (χ2v) is 16.5. The summed E-state index contributed by atoms with van der Waals surface area (Å²) in [7, 11) is -15.7. The van der Waals surface area contributed by atoms with Crippen LogP contribution in [0.2, 0.25) is 0 Å². The Labute approximate surface area is 421 Å². The van der Waals surface area contributed by atoms with Gasteiger partial charge in [-0.1, -0.05) is 48.5 Å². The van der Waals surface area contributed by atoms with Gasteiger partial charge in [0, 0.05) is 22.1 Å². The monoisotopic (exact) mass is 918 g/mol. The average Bonchev–Trinajstić information content (AvgIpc) is 3.19. The molecule has 0 atom stereocenters. The molecule has 0 spiro atoms.